The van der Waals surface area contributed by atoms with Gasteiger partial charge in [0.1, 0.15) is 5.15 Å². The number of aryl methyl sites for hydroxylation is 1. The van der Waals surface area contributed by atoms with E-state index in [1.807, 2.05) is 7.05 Å². The van der Waals surface area contributed by atoms with Crippen molar-refractivity contribution in [2.24, 2.45) is 12.5 Å². The molecule has 1 aliphatic rings. The quantitative estimate of drug-likeness (QED) is 0.828. The van der Waals surface area contributed by atoms with Gasteiger partial charge in [0.25, 0.3) is 0 Å². The van der Waals surface area contributed by atoms with Gasteiger partial charge in [-0.25, -0.2) is 0 Å². The van der Waals surface area contributed by atoms with Crippen LogP contribution in [0.25, 0.3) is 0 Å². The number of rotatable bonds is 6. The van der Waals surface area contributed by atoms with Crippen molar-refractivity contribution in [2.45, 2.75) is 26.3 Å². The molecule has 2 N–H and O–H groups in total. The highest BCUT2D eigenvalue weighted by Gasteiger charge is 2.37. The molecular weight excluding hydrogens is 266 g/mol. The van der Waals surface area contributed by atoms with Crippen LogP contribution in [0.4, 0.5) is 0 Å². The van der Waals surface area contributed by atoms with Crippen LogP contribution in [0.5, 0.6) is 0 Å². The van der Waals surface area contributed by atoms with E-state index in [0.717, 1.165) is 17.8 Å². The van der Waals surface area contributed by atoms with Gasteiger partial charge in [0, 0.05) is 25.7 Å². The van der Waals surface area contributed by atoms with Crippen LogP contribution < -0.4 is 5.32 Å². The third-order valence-electron chi connectivity index (χ3n) is 3.60. The van der Waals surface area contributed by atoms with Gasteiger partial charge in [0.05, 0.1) is 30.9 Å². The van der Waals surface area contributed by atoms with Crippen LogP contribution in [-0.4, -0.2) is 41.3 Å². The van der Waals surface area contributed by atoms with Gasteiger partial charge in [-0.3, -0.25) is 4.68 Å². The van der Waals surface area contributed by atoms with E-state index in [1.165, 1.54) is 0 Å². The first-order valence-corrected chi connectivity index (χ1v) is 6.97. The Labute approximate surface area is 118 Å². The van der Waals surface area contributed by atoms with E-state index in [2.05, 4.69) is 24.3 Å². The molecule has 0 atom stereocenters. The molecule has 0 amide bonds. The van der Waals surface area contributed by atoms with Gasteiger partial charge in [-0.1, -0.05) is 25.4 Å². The van der Waals surface area contributed by atoms with Gasteiger partial charge in [0.2, 0.25) is 0 Å². The topological polar surface area (TPSA) is 59.3 Å². The first-order valence-electron chi connectivity index (χ1n) is 6.60. The monoisotopic (exact) mass is 287 g/mol. The van der Waals surface area contributed by atoms with Gasteiger partial charge in [-0.05, 0) is 5.92 Å². The summed E-state index contributed by atoms with van der Waals surface area (Å²) in [5, 5.41) is 17.9. The van der Waals surface area contributed by atoms with Crippen molar-refractivity contribution in [3.63, 3.8) is 0 Å². The predicted octanol–water partition coefficient (Wildman–Crippen LogP) is 1.30. The maximum absolute atomic E-state index is 9.37. The molecule has 0 saturated carbocycles. The number of hydrogen-bond acceptors (Lipinski definition) is 4. The molecule has 1 aromatic heterocycles. The molecule has 0 aliphatic carbocycles. The van der Waals surface area contributed by atoms with E-state index in [1.54, 1.807) is 4.68 Å². The first kappa shape index (κ1) is 14.8. The number of halogens is 1. The largest absolute Gasteiger partial charge is 0.396 e. The number of ether oxygens (including phenoxy) is 1. The third kappa shape index (κ3) is 2.94. The second kappa shape index (κ2) is 5.79. The van der Waals surface area contributed by atoms with Crippen LogP contribution in [0.1, 0.15) is 31.0 Å². The molecule has 2 rings (SSSR count). The molecule has 0 unspecified atom stereocenters. The number of nitrogens with one attached hydrogen (secondary N) is 1. The Morgan fingerprint density at radius 1 is 1.53 bits per heavy atom. The van der Waals surface area contributed by atoms with E-state index >= 15 is 0 Å². The van der Waals surface area contributed by atoms with Crippen molar-refractivity contribution >= 4 is 11.6 Å². The maximum Gasteiger partial charge on any atom is 0.131 e. The van der Waals surface area contributed by atoms with Gasteiger partial charge in [-0.15, -0.1) is 0 Å². The van der Waals surface area contributed by atoms with Crippen LogP contribution in [0.15, 0.2) is 0 Å². The van der Waals surface area contributed by atoms with E-state index in [0.29, 0.717) is 30.8 Å². The summed E-state index contributed by atoms with van der Waals surface area (Å²) in [7, 11) is 1.85. The van der Waals surface area contributed by atoms with Crippen LogP contribution >= 0.6 is 11.6 Å². The molecule has 6 heteroatoms. The minimum atomic E-state index is -0.118. The van der Waals surface area contributed by atoms with Gasteiger partial charge >= 0.3 is 0 Å². The standard InChI is InChI=1S/C13H22ClN3O2/c1-9(2)11-10(12(14)17(3)16-11)4-15-5-13(6-18)7-19-8-13/h9,15,18H,4-8H2,1-3H3. The zero-order valence-electron chi connectivity index (χ0n) is 11.7. The molecule has 0 aromatic carbocycles. The van der Waals surface area contributed by atoms with Gasteiger partial charge in [0.15, 0.2) is 0 Å². The molecule has 1 saturated heterocycles. The lowest BCUT2D eigenvalue weighted by molar-refractivity contribution is -0.134. The molecule has 5 nitrogen and oxygen atoms in total. The number of nitrogens with zero attached hydrogens (tertiary/aromatic N) is 2. The summed E-state index contributed by atoms with van der Waals surface area (Å²) in [6.07, 6.45) is 0. The average molecular weight is 288 g/mol. The van der Waals surface area contributed by atoms with Crippen molar-refractivity contribution < 1.29 is 9.84 Å². The molecule has 1 aromatic rings. The Kier molecular flexibility index (Phi) is 4.50. The first-order chi connectivity index (χ1) is 8.99. The lowest BCUT2D eigenvalue weighted by atomic mass is 9.87. The zero-order chi connectivity index (χ0) is 14.0. The van der Waals surface area contributed by atoms with E-state index < -0.39 is 0 Å². The SMILES string of the molecule is CC(C)c1nn(C)c(Cl)c1CNCC1(CO)COC1. The zero-order valence-corrected chi connectivity index (χ0v) is 12.5. The normalized spacial score (nSPS) is 17.8. The minimum absolute atomic E-state index is 0.118. The van der Waals surface area contributed by atoms with E-state index in [9.17, 15) is 5.11 Å². The highest BCUT2D eigenvalue weighted by atomic mass is 35.5. The Hall–Kier alpha value is -0.620. The van der Waals surface area contributed by atoms with Gasteiger partial charge < -0.3 is 15.2 Å². The fourth-order valence-electron chi connectivity index (χ4n) is 2.29. The summed E-state index contributed by atoms with van der Waals surface area (Å²) in [5.41, 5.74) is 1.96. The number of hydrogen-bond donors (Lipinski definition) is 2. The van der Waals surface area contributed by atoms with Crippen molar-refractivity contribution in [2.75, 3.05) is 26.4 Å². The van der Waals surface area contributed by atoms with Crippen LogP contribution in [0, 0.1) is 5.41 Å². The van der Waals surface area contributed by atoms with Crippen LogP contribution in [0.2, 0.25) is 5.15 Å². The molecule has 0 bridgehead atoms. The Morgan fingerprint density at radius 2 is 2.21 bits per heavy atom. The fraction of sp³-hybridized carbons (Fsp3) is 0.769. The maximum atomic E-state index is 9.37. The fourth-order valence-corrected chi connectivity index (χ4v) is 2.49. The Balaban J connectivity index is 1.99. The van der Waals surface area contributed by atoms with Crippen LogP contribution in [-0.2, 0) is 18.3 Å². The van der Waals surface area contributed by atoms with Crippen molar-refractivity contribution in [3.8, 4) is 0 Å². The smallest absolute Gasteiger partial charge is 0.131 e. The number of aromatic nitrogens is 2. The number of aliphatic hydroxyl groups is 1. The molecule has 0 radical (unpaired) electrons. The lowest BCUT2D eigenvalue weighted by Crippen LogP contribution is -2.52. The second-order valence-electron chi connectivity index (χ2n) is 5.69. The summed E-state index contributed by atoms with van der Waals surface area (Å²) in [6, 6.07) is 0. The predicted molar refractivity (Wildman–Crippen MR) is 74.4 cm³/mol. The summed E-state index contributed by atoms with van der Waals surface area (Å²) in [6.45, 7) is 7.00. The molecule has 108 valence electrons. The Morgan fingerprint density at radius 3 is 2.68 bits per heavy atom. The molecule has 0 spiro atoms. The average Bonchev–Trinajstić information content (AvgIpc) is 2.60. The van der Waals surface area contributed by atoms with E-state index in [4.69, 9.17) is 16.3 Å². The van der Waals surface area contributed by atoms with Crippen molar-refractivity contribution in [3.05, 3.63) is 16.4 Å². The highest BCUT2D eigenvalue weighted by molar-refractivity contribution is 6.30. The van der Waals surface area contributed by atoms with Crippen molar-refractivity contribution in [1.82, 2.24) is 15.1 Å². The summed E-state index contributed by atoms with van der Waals surface area (Å²) >= 11 is 6.28. The minimum Gasteiger partial charge on any atom is -0.396 e. The summed E-state index contributed by atoms with van der Waals surface area (Å²) in [4.78, 5) is 0. The van der Waals surface area contributed by atoms with Crippen LogP contribution in [0.3, 0.4) is 0 Å². The van der Waals surface area contributed by atoms with E-state index in [-0.39, 0.29) is 12.0 Å². The molecule has 1 aliphatic heterocycles. The molecule has 1 fully saturated rings. The van der Waals surface area contributed by atoms with Crippen molar-refractivity contribution in [1.29, 1.82) is 0 Å². The third-order valence-corrected chi connectivity index (χ3v) is 4.07. The second-order valence-corrected chi connectivity index (χ2v) is 6.05. The summed E-state index contributed by atoms with van der Waals surface area (Å²) < 4.78 is 6.89. The molecule has 19 heavy (non-hydrogen) atoms. The van der Waals surface area contributed by atoms with Gasteiger partial charge in [-0.2, -0.15) is 5.10 Å². The lowest BCUT2D eigenvalue weighted by Gasteiger charge is -2.40. The molecule has 2 heterocycles. The Bertz CT molecular complexity index is 436. The summed E-state index contributed by atoms with van der Waals surface area (Å²) in [5.74, 6) is 0.342. The number of aliphatic hydroxyl groups excluding tert-OH is 1. The molecular formula is C13H22ClN3O2. The highest BCUT2D eigenvalue weighted by Crippen LogP contribution is 2.27.